The zero-order chi connectivity index (χ0) is 39.9. The van der Waals surface area contributed by atoms with E-state index < -0.39 is 0 Å². The summed E-state index contributed by atoms with van der Waals surface area (Å²) in [5.41, 5.74) is 9.86. The molecule has 0 amide bonds. The van der Waals surface area contributed by atoms with E-state index >= 15 is 0 Å². The van der Waals surface area contributed by atoms with Gasteiger partial charge < -0.3 is 9.80 Å². The largest absolute Gasteiger partial charge is 0.308 e. The minimum absolute atomic E-state index is 0.925. The first-order chi connectivity index (χ1) is 29.7. The van der Waals surface area contributed by atoms with Gasteiger partial charge in [-0.05, 0) is 106 Å². The summed E-state index contributed by atoms with van der Waals surface area (Å²) in [6.07, 6.45) is 1.85. The monoisotopic (exact) mass is 804 g/mol. The van der Waals surface area contributed by atoms with E-state index in [0.717, 1.165) is 24.2 Å². The fourth-order valence-electron chi connectivity index (χ4n) is 9.84. The Kier molecular flexibility index (Phi) is 8.19. The highest BCUT2D eigenvalue weighted by Gasteiger charge is 2.26. The Labute approximate surface area is 357 Å². The first-order valence-electron chi connectivity index (χ1n) is 21.0. The van der Waals surface area contributed by atoms with Crippen LogP contribution in [0.4, 0.5) is 34.1 Å². The highest BCUT2D eigenvalue weighted by molar-refractivity contribution is 7.26. The second-order valence-corrected chi connectivity index (χ2v) is 17.8. The lowest BCUT2D eigenvalue weighted by molar-refractivity contribution is 1.15. The van der Waals surface area contributed by atoms with Gasteiger partial charge in [0.1, 0.15) is 0 Å². The summed E-state index contributed by atoms with van der Waals surface area (Å²) in [5, 5.41) is 13.1. The maximum absolute atomic E-state index is 2.53. The third-order valence-electron chi connectivity index (χ3n) is 12.5. The van der Waals surface area contributed by atoms with Crippen LogP contribution in [-0.4, -0.2) is 0 Å². The maximum atomic E-state index is 2.53. The van der Waals surface area contributed by atoms with Crippen LogP contribution in [0.15, 0.2) is 182 Å². The van der Waals surface area contributed by atoms with E-state index in [1.54, 1.807) is 0 Å². The third kappa shape index (κ3) is 5.24. The molecule has 10 aromatic carbocycles. The summed E-state index contributed by atoms with van der Waals surface area (Å²) in [6, 6.07) is 67.8. The van der Waals surface area contributed by atoms with E-state index in [9.17, 15) is 0 Å². The number of aryl methyl sites for hydroxylation is 2. The number of rotatable bonds is 8. The van der Waals surface area contributed by atoms with Crippen molar-refractivity contribution in [1.82, 2.24) is 0 Å². The van der Waals surface area contributed by atoms with Gasteiger partial charge in [-0.3, -0.25) is 0 Å². The second kappa shape index (κ2) is 13.9. The molecule has 0 aliphatic heterocycles. The lowest BCUT2D eigenvalue weighted by Crippen LogP contribution is -2.12. The van der Waals surface area contributed by atoms with E-state index in [1.165, 1.54) is 107 Å². The van der Waals surface area contributed by atoms with Crippen molar-refractivity contribution in [3.63, 3.8) is 0 Å². The minimum atomic E-state index is 0.925. The molecule has 2 nitrogen and oxygen atoms in total. The van der Waals surface area contributed by atoms with Crippen LogP contribution >= 0.6 is 22.7 Å². The summed E-state index contributed by atoms with van der Waals surface area (Å²) in [4.78, 5) is 5.06. The highest BCUT2D eigenvalue weighted by atomic mass is 32.1. The number of hydrogen-bond donors (Lipinski definition) is 0. The Balaban J connectivity index is 1.19. The highest BCUT2D eigenvalue weighted by Crippen LogP contribution is 2.52. The molecule has 0 radical (unpaired) electrons. The van der Waals surface area contributed by atoms with E-state index in [0.29, 0.717) is 0 Å². The smallest absolute Gasteiger partial charge is 0.0640 e. The molecule has 12 rings (SSSR count). The second-order valence-electron chi connectivity index (χ2n) is 15.7. The first kappa shape index (κ1) is 35.2. The summed E-state index contributed by atoms with van der Waals surface area (Å²) in [7, 11) is 0. The van der Waals surface area contributed by atoms with Crippen LogP contribution in [-0.2, 0) is 12.8 Å². The predicted octanol–water partition coefficient (Wildman–Crippen LogP) is 17.4. The summed E-state index contributed by atoms with van der Waals surface area (Å²) in [6.45, 7) is 4.61. The van der Waals surface area contributed by atoms with E-state index in [-0.39, 0.29) is 0 Å². The molecule has 0 unspecified atom stereocenters. The Morgan fingerprint density at radius 2 is 0.717 bits per heavy atom. The van der Waals surface area contributed by atoms with Crippen LogP contribution in [0.25, 0.3) is 72.7 Å². The predicted molar refractivity (Wildman–Crippen MR) is 264 cm³/mol. The fraction of sp³-hybridized carbons (Fsp3) is 0.0714. The van der Waals surface area contributed by atoms with Gasteiger partial charge in [0, 0.05) is 53.1 Å². The van der Waals surface area contributed by atoms with E-state index in [4.69, 9.17) is 0 Å². The van der Waals surface area contributed by atoms with Crippen LogP contribution in [0.3, 0.4) is 0 Å². The number of anilines is 6. The molecule has 0 saturated carbocycles. The van der Waals surface area contributed by atoms with Crippen LogP contribution in [0.1, 0.15) is 25.0 Å². The number of benzene rings is 10. The van der Waals surface area contributed by atoms with Crippen LogP contribution in [0.2, 0.25) is 0 Å². The van der Waals surface area contributed by atoms with Gasteiger partial charge in [-0.25, -0.2) is 0 Å². The quantitative estimate of drug-likeness (QED) is 0.141. The third-order valence-corrected chi connectivity index (χ3v) is 15.0. The molecule has 2 heterocycles. The average Bonchev–Trinajstić information content (AvgIpc) is 3.89. The van der Waals surface area contributed by atoms with Crippen molar-refractivity contribution in [3.8, 4) is 0 Å². The van der Waals surface area contributed by atoms with Crippen LogP contribution in [0, 0.1) is 0 Å². The molecule has 0 saturated heterocycles. The summed E-state index contributed by atoms with van der Waals surface area (Å²) < 4.78 is 5.23. The molecule has 0 aliphatic rings. The van der Waals surface area contributed by atoms with Crippen molar-refractivity contribution < 1.29 is 0 Å². The molecule has 0 fully saturated rings. The van der Waals surface area contributed by atoms with Gasteiger partial charge >= 0.3 is 0 Å². The SMILES string of the molecule is CCc1cc(N(c2ccccc2)c2cccc3c2sc2ccccc23)c2ccc3c(CC)cc(N(c4ccccc4)c4cccc5c4sc4ccccc45)c4ccc1c2c34. The minimum Gasteiger partial charge on any atom is -0.308 e. The number of fused-ring (bicyclic) bond motifs is 6. The van der Waals surface area contributed by atoms with Crippen LogP contribution in [0.5, 0.6) is 0 Å². The molecule has 60 heavy (non-hydrogen) atoms. The van der Waals surface area contributed by atoms with Crippen molar-refractivity contribution in [2.75, 3.05) is 9.80 Å². The normalized spacial score (nSPS) is 12.0. The van der Waals surface area contributed by atoms with E-state index in [2.05, 4.69) is 206 Å². The number of para-hydroxylation sites is 2. The number of hydrogen-bond acceptors (Lipinski definition) is 4. The molecule has 4 heteroatoms. The Bertz CT molecular complexity index is 3340. The summed E-state index contributed by atoms with van der Waals surface area (Å²) >= 11 is 3.78. The van der Waals surface area contributed by atoms with Crippen molar-refractivity contribution in [3.05, 3.63) is 193 Å². The summed E-state index contributed by atoms with van der Waals surface area (Å²) in [5.74, 6) is 0. The van der Waals surface area contributed by atoms with Crippen molar-refractivity contribution >= 4 is 129 Å². The van der Waals surface area contributed by atoms with Gasteiger partial charge in [-0.15, -0.1) is 22.7 Å². The number of nitrogens with zero attached hydrogens (tertiary/aromatic N) is 2. The molecule has 2 aromatic heterocycles. The molecular formula is C56H40N2S2. The average molecular weight is 805 g/mol. The van der Waals surface area contributed by atoms with Gasteiger partial charge in [-0.2, -0.15) is 0 Å². The standard InChI is InChI=1S/C56H40N2S2/c1-3-35-33-49(57(37-17-7-5-8-18-37)47-25-15-23-43-41-21-11-13-27-51(41)59-55(43)47)45-32-30-40-36(4-2)34-50(46-31-29-39(35)53(45)54(40)46)58(38-19-9-6-10-20-38)48-26-16-24-44-42-22-12-14-28-52(42)60-56(44)48/h5-34H,3-4H2,1-2H3. The van der Waals surface area contributed by atoms with Gasteiger partial charge in [0.2, 0.25) is 0 Å². The zero-order valence-corrected chi connectivity index (χ0v) is 35.1. The Morgan fingerprint density at radius 3 is 1.15 bits per heavy atom. The molecular weight excluding hydrogens is 765 g/mol. The Hall–Kier alpha value is -6.72. The van der Waals surface area contributed by atoms with Gasteiger partial charge in [0.25, 0.3) is 0 Å². The molecule has 12 aromatic rings. The number of thiophene rings is 2. The van der Waals surface area contributed by atoms with Gasteiger partial charge in [0.15, 0.2) is 0 Å². The molecule has 0 bridgehead atoms. The van der Waals surface area contributed by atoms with Crippen molar-refractivity contribution in [2.24, 2.45) is 0 Å². The lowest BCUT2D eigenvalue weighted by atomic mass is 9.86. The fourth-order valence-corrected chi connectivity index (χ4v) is 12.3. The van der Waals surface area contributed by atoms with Crippen LogP contribution < -0.4 is 9.80 Å². The van der Waals surface area contributed by atoms with Crippen molar-refractivity contribution in [1.29, 1.82) is 0 Å². The molecule has 0 spiro atoms. The molecule has 0 aliphatic carbocycles. The lowest BCUT2D eigenvalue weighted by Gasteiger charge is -2.31. The molecule has 286 valence electrons. The van der Waals surface area contributed by atoms with E-state index in [1.807, 2.05) is 22.7 Å². The first-order valence-corrected chi connectivity index (χ1v) is 22.6. The van der Waals surface area contributed by atoms with Gasteiger partial charge in [0.05, 0.1) is 32.1 Å². The van der Waals surface area contributed by atoms with Crippen molar-refractivity contribution in [2.45, 2.75) is 26.7 Å². The molecule has 0 N–H and O–H groups in total. The maximum Gasteiger partial charge on any atom is 0.0640 e. The molecule has 0 atom stereocenters. The van der Waals surface area contributed by atoms with Gasteiger partial charge in [-0.1, -0.05) is 135 Å². The topological polar surface area (TPSA) is 6.48 Å². The Morgan fingerprint density at radius 1 is 0.333 bits per heavy atom. The zero-order valence-electron chi connectivity index (χ0n) is 33.4.